The van der Waals surface area contributed by atoms with Gasteiger partial charge in [-0.05, 0) is 18.2 Å². The van der Waals surface area contributed by atoms with Gasteiger partial charge >= 0.3 is 0 Å². The first kappa shape index (κ1) is 15.9. The number of benzene rings is 2. The summed E-state index contributed by atoms with van der Waals surface area (Å²) in [6, 6.07) is 7.82. The highest BCUT2D eigenvalue weighted by atomic mass is 35.5. The van der Waals surface area contributed by atoms with Gasteiger partial charge in [-0.1, -0.05) is 58.5 Å². The molecule has 7 heteroatoms. The Balaban J connectivity index is 2.79. The zero-order valence-corrected chi connectivity index (χ0v) is 14.0. The van der Waals surface area contributed by atoms with E-state index in [4.69, 9.17) is 46.4 Å². The van der Waals surface area contributed by atoms with E-state index in [1.54, 1.807) is 18.2 Å². The molecule has 0 saturated carbocycles. The molecule has 2 rings (SSSR count). The van der Waals surface area contributed by atoms with Crippen molar-refractivity contribution in [3.05, 3.63) is 50.4 Å². The molecule has 0 aromatic heterocycles. The van der Waals surface area contributed by atoms with Gasteiger partial charge < -0.3 is 0 Å². The highest BCUT2D eigenvalue weighted by molar-refractivity contribution is 7.90. The van der Waals surface area contributed by atoms with Gasteiger partial charge in [0.2, 0.25) is 0 Å². The summed E-state index contributed by atoms with van der Waals surface area (Å²) in [5.74, 6) is 0. The SMILES string of the molecule is CS(=O)(=O)c1cc(-c2cccc(Cl)c2Cl)c(Cl)cc1Cl. The summed E-state index contributed by atoms with van der Waals surface area (Å²) in [4.78, 5) is -0.00499. The van der Waals surface area contributed by atoms with Gasteiger partial charge in [0.1, 0.15) is 0 Å². The lowest BCUT2D eigenvalue weighted by Gasteiger charge is -2.11. The zero-order chi connectivity index (χ0) is 15.1. The first-order chi connectivity index (χ1) is 9.21. The molecule has 0 unspecified atom stereocenters. The summed E-state index contributed by atoms with van der Waals surface area (Å²) >= 11 is 24.1. The van der Waals surface area contributed by atoms with Crippen molar-refractivity contribution in [2.75, 3.05) is 6.26 Å². The van der Waals surface area contributed by atoms with Gasteiger partial charge in [-0.25, -0.2) is 8.42 Å². The van der Waals surface area contributed by atoms with E-state index in [1.165, 1.54) is 12.1 Å². The van der Waals surface area contributed by atoms with Crippen LogP contribution in [0.1, 0.15) is 0 Å². The molecule has 106 valence electrons. The highest BCUT2D eigenvalue weighted by Crippen LogP contribution is 2.40. The lowest BCUT2D eigenvalue weighted by molar-refractivity contribution is 0.602. The van der Waals surface area contributed by atoms with Gasteiger partial charge in [-0.2, -0.15) is 0 Å². The lowest BCUT2D eigenvalue weighted by atomic mass is 10.1. The van der Waals surface area contributed by atoms with Gasteiger partial charge in [0.15, 0.2) is 9.84 Å². The fraction of sp³-hybridized carbons (Fsp3) is 0.0769. The second-order valence-corrected chi connectivity index (χ2v) is 7.72. The molecule has 0 bridgehead atoms. The van der Waals surface area contributed by atoms with Crippen molar-refractivity contribution >= 4 is 56.2 Å². The van der Waals surface area contributed by atoms with E-state index >= 15 is 0 Å². The molecule has 2 aromatic rings. The van der Waals surface area contributed by atoms with Crippen LogP contribution >= 0.6 is 46.4 Å². The van der Waals surface area contributed by atoms with Crippen LogP contribution in [0.2, 0.25) is 20.1 Å². The Hall–Kier alpha value is -0.450. The second kappa shape index (κ2) is 5.74. The summed E-state index contributed by atoms with van der Waals surface area (Å²) < 4.78 is 23.4. The summed E-state index contributed by atoms with van der Waals surface area (Å²) in [5.41, 5.74) is 1.01. The molecule has 0 aliphatic heterocycles. The molecule has 0 saturated heterocycles. The van der Waals surface area contributed by atoms with E-state index in [0.29, 0.717) is 26.2 Å². The molecule has 0 radical (unpaired) electrons. The van der Waals surface area contributed by atoms with Crippen molar-refractivity contribution < 1.29 is 8.42 Å². The minimum absolute atomic E-state index is 0.00499. The van der Waals surface area contributed by atoms with Crippen LogP contribution in [0.4, 0.5) is 0 Å². The lowest BCUT2D eigenvalue weighted by Crippen LogP contribution is -1.99. The summed E-state index contributed by atoms with van der Waals surface area (Å²) in [5, 5.41) is 1.03. The fourth-order valence-electron chi connectivity index (χ4n) is 1.73. The Kier molecular flexibility index (Phi) is 4.57. The van der Waals surface area contributed by atoms with Crippen molar-refractivity contribution in [1.82, 2.24) is 0 Å². The number of hydrogen-bond donors (Lipinski definition) is 0. The van der Waals surface area contributed by atoms with E-state index in [0.717, 1.165) is 6.26 Å². The van der Waals surface area contributed by atoms with Crippen LogP contribution in [-0.4, -0.2) is 14.7 Å². The number of sulfone groups is 1. The molecule has 0 fully saturated rings. The van der Waals surface area contributed by atoms with Crippen LogP contribution in [0.3, 0.4) is 0 Å². The fourth-order valence-corrected chi connectivity index (χ4v) is 3.78. The van der Waals surface area contributed by atoms with Crippen LogP contribution in [-0.2, 0) is 9.84 Å². The Morgan fingerprint density at radius 3 is 2.10 bits per heavy atom. The maximum Gasteiger partial charge on any atom is 0.177 e. The Labute approximate surface area is 137 Å². The number of hydrogen-bond acceptors (Lipinski definition) is 2. The van der Waals surface area contributed by atoms with Crippen molar-refractivity contribution in [3.8, 4) is 11.1 Å². The van der Waals surface area contributed by atoms with Crippen molar-refractivity contribution in [1.29, 1.82) is 0 Å². The van der Waals surface area contributed by atoms with Gasteiger partial charge in [0, 0.05) is 17.4 Å². The quantitative estimate of drug-likeness (QED) is 0.712. The maximum absolute atomic E-state index is 11.7. The van der Waals surface area contributed by atoms with Crippen LogP contribution in [0.25, 0.3) is 11.1 Å². The minimum atomic E-state index is -3.47. The van der Waals surface area contributed by atoms with Crippen LogP contribution in [0.5, 0.6) is 0 Å². The molecule has 2 nitrogen and oxygen atoms in total. The molecule has 0 amide bonds. The van der Waals surface area contributed by atoms with Gasteiger partial charge in [0.05, 0.1) is 25.0 Å². The van der Waals surface area contributed by atoms with Crippen molar-refractivity contribution in [2.45, 2.75) is 4.90 Å². The van der Waals surface area contributed by atoms with Crippen molar-refractivity contribution in [2.24, 2.45) is 0 Å². The summed E-state index contributed by atoms with van der Waals surface area (Å²) in [6.45, 7) is 0. The van der Waals surface area contributed by atoms with Crippen LogP contribution < -0.4 is 0 Å². The molecule has 0 N–H and O–H groups in total. The molecule has 0 aliphatic rings. The molecule has 0 aliphatic carbocycles. The Morgan fingerprint density at radius 2 is 1.50 bits per heavy atom. The first-order valence-corrected chi connectivity index (χ1v) is 8.75. The topological polar surface area (TPSA) is 34.1 Å². The van der Waals surface area contributed by atoms with E-state index in [-0.39, 0.29) is 9.92 Å². The predicted octanol–water partition coefficient (Wildman–Crippen LogP) is 5.37. The third-order valence-electron chi connectivity index (χ3n) is 2.66. The zero-order valence-electron chi connectivity index (χ0n) is 10.1. The van der Waals surface area contributed by atoms with Gasteiger partial charge in [-0.3, -0.25) is 0 Å². The highest BCUT2D eigenvalue weighted by Gasteiger charge is 2.18. The van der Waals surface area contributed by atoms with E-state index < -0.39 is 9.84 Å². The van der Waals surface area contributed by atoms with E-state index in [2.05, 4.69) is 0 Å². The maximum atomic E-state index is 11.7. The molecule has 0 spiro atoms. The molecule has 2 aromatic carbocycles. The van der Waals surface area contributed by atoms with Gasteiger partial charge in [0.25, 0.3) is 0 Å². The molecular weight excluding hydrogens is 362 g/mol. The predicted molar refractivity (Wildman–Crippen MR) is 85.0 cm³/mol. The standard InChI is InChI=1S/C13H8Cl4O2S/c1-20(18,19)12-5-8(10(15)6-11(12)16)7-3-2-4-9(14)13(7)17/h2-6H,1H3. The van der Waals surface area contributed by atoms with Crippen LogP contribution in [0, 0.1) is 0 Å². The Bertz CT molecular complexity index is 785. The number of rotatable bonds is 2. The normalized spacial score (nSPS) is 11.7. The monoisotopic (exact) mass is 368 g/mol. The summed E-state index contributed by atoms with van der Waals surface area (Å²) in [6.07, 6.45) is 1.07. The van der Waals surface area contributed by atoms with Gasteiger partial charge in [-0.15, -0.1) is 0 Å². The first-order valence-electron chi connectivity index (χ1n) is 5.35. The third-order valence-corrected chi connectivity index (χ3v) is 5.36. The van der Waals surface area contributed by atoms with E-state index in [9.17, 15) is 8.42 Å². The molecule has 0 atom stereocenters. The Morgan fingerprint density at radius 1 is 0.850 bits per heavy atom. The number of halogens is 4. The minimum Gasteiger partial charge on any atom is -0.224 e. The molecular formula is C13H8Cl4O2S. The van der Waals surface area contributed by atoms with Crippen LogP contribution in [0.15, 0.2) is 35.2 Å². The largest absolute Gasteiger partial charge is 0.224 e. The van der Waals surface area contributed by atoms with E-state index in [1.807, 2.05) is 0 Å². The average molecular weight is 370 g/mol. The molecule has 0 heterocycles. The molecule has 20 heavy (non-hydrogen) atoms. The third kappa shape index (κ3) is 3.07. The summed E-state index contributed by atoms with van der Waals surface area (Å²) in [7, 11) is -3.47. The average Bonchev–Trinajstić information content (AvgIpc) is 2.32. The van der Waals surface area contributed by atoms with Crippen molar-refractivity contribution in [3.63, 3.8) is 0 Å². The smallest absolute Gasteiger partial charge is 0.177 e. The second-order valence-electron chi connectivity index (χ2n) is 4.14.